The number of anilines is 1. The number of primary amides is 1. The van der Waals surface area contributed by atoms with Gasteiger partial charge in [-0.15, -0.1) is 11.3 Å². The third-order valence-corrected chi connectivity index (χ3v) is 6.39. The zero-order chi connectivity index (χ0) is 16.7. The summed E-state index contributed by atoms with van der Waals surface area (Å²) in [4.78, 5) is 26.6. The van der Waals surface area contributed by atoms with Crippen molar-refractivity contribution in [3.05, 3.63) is 52.2 Å². The molecule has 0 aliphatic carbocycles. The van der Waals surface area contributed by atoms with Crippen LogP contribution in [0.25, 0.3) is 20.2 Å². The number of hydrogen-bond acceptors (Lipinski definition) is 5. The van der Waals surface area contributed by atoms with Crippen LogP contribution in [0.4, 0.5) is 5.69 Å². The minimum absolute atomic E-state index is 0.0167. The first-order valence-corrected chi connectivity index (χ1v) is 9.74. The molecule has 1 fully saturated rings. The van der Waals surface area contributed by atoms with Crippen molar-refractivity contribution in [1.82, 2.24) is 0 Å². The fourth-order valence-electron chi connectivity index (χ4n) is 3.01. The molecule has 0 bridgehead atoms. The van der Waals surface area contributed by atoms with Gasteiger partial charge in [0, 0.05) is 56.0 Å². The maximum absolute atomic E-state index is 12.9. The molecule has 1 amide bonds. The van der Waals surface area contributed by atoms with Gasteiger partial charge in [0.05, 0.1) is 0 Å². The van der Waals surface area contributed by atoms with Crippen molar-refractivity contribution in [3.8, 4) is 0 Å². The third kappa shape index (κ3) is 2.65. The molecule has 0 radical (unpaired) electrons. The number of carbonyl (C=O) groups excluding carboxylic acids is 1. The summed E-state index contributed by atoms with van der Waals surface area (Å²) in [6, 6.07) is 11.1. The van der Waals surface area contributed by atoms with E-state index in [2.05, 4.69) is 11.0 Å². The maximum Gasteiger partial charge on any atom is 0.248 e. The molecule has 1 saturated heterocycles. The minimum atomic E-state index is -0.477. The normalized spacial score (nSPS) is 15.1. The number of rotatable bonds is 2. The Balaban J connectivity index is 1.89. The fourth-order valence-corrected chi connectivity index (χ4v) is 5.01. The lowest BCUT2D eigenvalue weighted by Crippen LogP contribution is -2.32. The van der Waals surface area contributed by atoms with Crippen LogP contribution >= 0.6 is 23.1 Å². The van der Waals surface area contributed by atoms with Gasteiger partial charge >= 0.3 is 0 Å². The van der Waals surface area contributed by atoms with Gasteiger partial charge in [-0.05, 0) is 36.4 Å². The van der Waals surface area contributed by atoms with E-state index in [1.807, 2.05) is 23.9 Å². The molecule has 24 heavy (non-hydrogen) atoms. The van der Waals surface area contributed by atoms with Crippen LogP contribution in [0.1, 0.15) is 10.4 Å². The van der Waals surface area contributed by atoms with Gasteiger partial charge < -0.3 is 10.6 Å². The van der Waals surface area contributed by atoms with Crippen molar-refractivity contribution < 1.29 is 4.79 Å². The molecule has 2 N–H and O–H groups in total. The number of nitrogens with zero attached hydrogens (tertiary/aromatic N) is 1. The van der Waals surface area contributed by atoms with Gasteiger partial charge in [0.25, 0.3) is 0 Å². The highest BCUT2D eigenvalue weighted by molar-refractivity contribution is 7.99. The van der Waals surface area contributed by atoms with E-state index in [1.54, 1.807) is 18.2 Å². The molecular weight excluding hydrogens is 340 g/mol. The summed E-state index contributed by atoms with van der Waals surface area (Å²) in [5.74, 6) is 1.77. The van der Waals surface area contributed by atoms with Crippen LogP contribution in [0, 0.1) is 0 Å². The lowest BCUT2D eigenvalue weighted by Gasteiger charge is -2.28. The summed E-state index contributed by atoms with van der Waals surface area (Å²) in [5, 5.41) is 1.39. The summed E-state index contributed by atoms with van der Waals surface area (Å²) >= 11 is 3.49. The second kappa shape index (κ2) is 6.11. The van der Waals surface area contributed by atoms with Gasteiger partial charge in [0.2, 0.25) is 5.91 Å². The molecule has 1 aliphatic heterocycles. The summed E-state index contributed by atoms with van der Waals surface area (Å²) in [6.45, 7) is 2.03. The van der Waals surface area contributed by atoms with E-state index in [1.165, 1.54) is 11.3 Å². The number of carbonyl (C=O) groups is 1. The van der Waals surface area contributed by atoms with Crippen LogP contribution in [0.5, 0.6) is 0 Å². The molecule has 1 aromatic heterocycles. The first-order valence-electron chi connectivity index (χ1n) is 7.76. The van der Waals surface area contributed by atoms with Crippen molar-refractivity contribution in [2.45, 2.75) is 0 Å². The van der Waals surface area contributed by atoms with Gasteiger partial charge in [0.1, 0.15) is 0 Å². The zero-order valence-corrected chi connectivity index (χ0v) is 14.6. The Morgan fingerprint density at radius 1 is 1.00 bits per heavy atom. The number of fused-ring (bicyclic) bond motifs is 2. The summed E-state index contributed by atoms with van der Waals surface area (Å²) < 4.78 is 1.73. The summed E-state index contributed by atoms with van der Waals surface area (Å²) in [7, 11) is 0. The van der Waals surface area contributed by atoms with Crippen molar-refractivity contribution in [1.29, 1.82) is 0 Å². The third-order valence-electron chi connectivity index (χ3n) is 4.31. The van der Waals surface area contributed by atoms with Crippen molar-refractivity contribution in [2.75, 3.05) is 29.5 Å². The molecule has 6 heteroatoms. The molecule has 122 valence electrons. The maximum atomic E-state index is 12.9. The van der Waals surface area contributed by atoms with Gasteiger partial charge in [0.15, 0.2) is 5.43 Å². The molecule has 0 saturated carbocycles. The molecule has 4 rings (SSSR count). The first kappa shape index (κ1) is 15.5. The number of nitrogens with two attached hydrogens (primary N) is 1. The Labute approximate surface area is 147 Å². The topological polar surface area (TPSA) is 63.4 Å². The predicted molar refractivity (Wildman–Crippen MR) is 104 cm³/mol. The van der Waals surface area contributed by atoms with Gasteiger partial charge in [-0.25, -0.2) is 0 Å². The van der Waals surface area contributed by atoms with Crippen LogP contribution in [-0.2, 0) is 0 Å². The Kier molecular flexibility index (Phi) is 3.94. The lowest BCUT2D eigenvalue weighted by molar-refractivity contribution is 0.100. The Hall–Kier alpha value is -2.05. The number of hydrogen-bond donors (Lipinski definition) is 1. The Morgan fingerprint density at radius 3 is 2.54 bits per heavy atom. The average molecular weight is 356 g/mol. The van der Waals surface area contributed by atoms with E-state index < -0.39 is 5.91 Å². The molecule has 0 atom stereocenters. The number of amides is 1. The van der Waals surface area contributed by atoms with Gasteiger partial charge in [-0.2, -0.15) is 11.8 Å². The van der Waals surface area contributed by atoms with Crippen LogP contribution in [0.2, 0.25) is 0 Å². The summed E-state index contributed by atoms with van der Waals surface area (Å²) in [6.07, 6.45) is 0. The molecule has 2 heterocycles. The van der Waals surface area contributed by atoms with E-state index in [0.29, 0.717) is 10.9 Å². The van der Waals surface area contributed by atoms with Crippen molar-refractivity contribution in [3.63, 3.8) is 0 Å². The lowest BCUT2D eigenvalue weighted by atomic mass is 10.1. The smallest absolute Gasteiger partial charge is 0.248 e. The molecule has 3 aromatic rings. The number of thioether (sulfide) groups is 1. The predicted octanol–water partition coefficient (Wildman–Crippen LogP) is 3.07. The second-order valence-corrected chi connectivity index (χ2v) is 8.09. The SMILES string of the molecule is NC(=O)c1ccc2c(=O)c3cc(N4CCSCC4)ccc3sc2c1. The molecular formula is C18H16N2O2S2. The van der Waals surface area contributed by atoms with Crippen LogP contribution in [0.3, 0.4) is 0 Å². The van der Waals surface area contributed by atoms with Gasteiger partial charge in [-0.3, -0.25) is 9.59 Å². The van der Waals surface area contributed by atoms with E-state index >= 15 is 0 Å². The molecule has 2 aromatic carbocycles. The molecule has 1 aliphatic rings. The highest BCUT2D eigenvalue weighted by Gasteiger charge is 2.14. The van der Waals surface area contributed by atoms with Crippen LogP contribution in [-0.4, -0.2) is 30.5 Å². The molecule has 4 nitrogen and oxygen atoms in total. The van der Waals surface area contributed by atoms with E-state index in [-0.39, 0.29) is 5.43 Å². The van der Waals surface area contributed by atoms with Crippen molar-refractivity contribution >= 4 is 54.9 Å². The Bertz CT molecular complexity index is 1010. The fraction of sp³-hybridized carbons (Fsp3) is 0.222. The zero-order valence-electron chi connectivity index (χ0n) is 13.0. The summed E-state index contributed by atoms with van der Waals surface area (Å²) in [5.41, 5.74) is 6.90. The quantitative estimate of drug-likeness (QED) is 0.717. The van der Waals surface area contributed by atoms with Crippen molar-refractivity contribution in [2.24, 2.45) is 5.73 Å². The Morgan fingerprint density at radius 2 is 1.79 bits per heavy atom. The highest BCUT2D eigenvalue weighted by atomic mass is 32.2. The van der Waals surface area contributed by atoms with E-state index in [0.717, 1.165) is 45.1 Å². The van der Waals surface area contributed by atoms with Crippen LogP contribution in [0.15, 0.2) is 41.2 Å². The van der Waals surface area contributed by atoms with Gasteiger partial charge in [-0.1, -0.05) is 0 Å². The second-order valence-electron chi connectivity index (χ2n) is 5.79. The monoisotopic (exact) mass is 356 g/mol. The number of benzene rings is 2. The first-order chi connectivity index (χ1) is 11.6. The highest BCUT2D eigenvalue weighted by Crippen LogP contribution is 2.29. The van der Waals surface area contributed by atoms with Crippen LogP contribution < -0.4 is 16.1 Å². The standard InChI is InChI=1S/C18H16N2O2S2/c19-18(22)11-1-3-13-16(9-11)24-15-4-2-12(10-14(15)17(13)21)20-5-7-23-8-6-20/h1-4,9-10H,5-8H2,(H2,19,22). The molecule has 0 unspecified atom stereocenters. The van der Waals surface area contributed by atoms with E-state index in [4.69, 9.17) is 5.73 Å². The minimum Gasteiger partial charge on any atom is -0.370 e. The largest absolute Gasteiger partial charge is 0.370 e. The molecule has 0 spiro atoms. The van der Waals surface area contributed by atoms with E-state index in [9.17, 15) is 9.59 Å². The average Bonchev–Trinajstić information content (AvgIpc) is 2.62.